The summed E-state index contributed by atoms with van der Waals surface area (Å²) in [7, 11) is 0. The first-order valence-electron chi connectivity index (χ1n) is 8.61. The summed E-state index contributed by atoms with van der Waals surface area (Å²) < 4.78 is 51.4. The molecule has 0 aliphatic carbocycles. The predicted octanol–water partition coefficient (Wildman–Crippen LogP) is 5.44. The van der Waals surface area contributed by atoms with Crippen molar-refractivity contribution < 1.29 is 22.4 Å². The Morgan fingerprint density at radius 2 is 1.71 bits per heavy atom. The van der Waals surface area contributed by atoms with Crippen LogP contribution in [0.1, 0.15) is 35.0 Å². The number of anilines is 1. The molecule has 0 aliphatic rings. The number of aromatic nitrogens is 2. The molecular weight excluding hydrogens is 374 g/mol. The van der Waals surface area contributed by atoms with Crippen LogP contribution in [0.25, 0.3) is 11.3 Å². The third kappa shape index (κ3) is 4.21. The molecule has 0 fully saturated rings. The molecule has 0 aliphatic heterocycles. The molecule has 146 valence electrons. The van der Waals surface area contributed by atoms with Crippen molar-refractivity contribution >= 4 is 11.6 Å². The number of halogens is 4. The number of carbonyl (C=O) groups is 1. The molecule has 1 heterocycles. The van der Waals surface area contributed by atoms with E-state index in [0.29, 0.717) is 29.1 Å². The van der Waals surface area contributed by atoms with Crippen molar-refractivity contribution in [1.29, 1.82) is 0 Å². The summed E-state index contributed by atoms with van der Waals surface area (Å²) in [6.45, 7) is 1.95. The second kappa shape index (κ2) is 7.84. The van der Waals surface area contributed by atoms with E-state index in [1.807, 2.05) is 6.92 Å². The number of benzene rings is 2. The first-order chi connectivity index (χ1) is 13.3. The van der Waals surface area contributed by atoms with Gasteiger partial charge in [0.15, 0.2) is 0 Å². The van der Waals surface area contributed by atoms with Gasteiger partial charge in [0.25, 0.3) is 5.91 Å². The summed E-state index contributed by atoms with van der Waals surface area (Å²) in [5.74, 6) is -0.927. The number of rotatable bonds is 5. The van der Waals surface area contributed by atoms with Gasteiger partial charge in [-0.3, -0.25) is 9.89 Å². The van der Waals surface area contributed by atoms with Crippen LogP contribution in [0.5, 0.6) is 0 Å². The molecule has 0 spiro atoms. The number of amides is 1. The van der Waals surface area contributed by atoms with Gasteiger partial charge in [-0.1, -0.05) is 25.5 Å². The van der Waals surface area contributed by atoms with Crippen LogP contribution in [0.3, 0.4) is 0 Å². The van der Waals surface area contributed by atoms with Crippen molar-refractivity contribution in [3.8, 4) is 11.3 Å². The lowest BCUT2D eigenvalue weighted by Gasteiger charge is -2.10. The average Bonchev–Trinajstić information content (AvgIpc) is 3.04. The van der Waals surface area contributed by atoms with Crippen LogP contribution in [0, 0.1) is 5.82 Å². The molecule has 2 aromatic carbocycles. The molecule has 28 heavy (non-hydrogen) atoms. The van der Waals surface area contributed by atoms with Gasteiger partial charge >= 0.3 is 6.18 Å². The lowest BCUT2D eigenvalue weighted by molar-refractivity contribution is -0.137. The van der Waals surface area contributed by atoms with Crippen molar-refractivity contribution in [2.45, 2.75) is 25.9 Å². The fourth-order valence-corrected chi connectivity index (χ4v) is 2.76. The SMILES string of the molecule is CCCc1[nH]nc(-c2ccc(C(F)(F)F)cc2)c1NC(=O)c1ccc(F)cc1. The van der Waals surface area contributed by atoms with Crippen LogP contribution in [0.4, 0.5) is 23.2 Å². The maximum Gasteiger partial charge on any atom is 0.416 e. The molecular formula is C20H17F4N3O. The van der Waals surface area contributed by atoms with Crippen molar-refractivity contribution in [3.05, 3.63) is 71.2 Å². The van der Waals surface area contributed by atoms with Crippen molar-refractivity contribution in [1.82, 2.24) is 10.2 Å². The Bertz CT molecular complexity index is 961. The second-order valence-corrected chi connectivity index (χ2v) is 6.21. The molecule has 2 N–H and O–H groups in total. The largest absolute Gasteiger partial charge is 0.416 e. The second-order valence-electron chi connectivity index (χ2n) is 6.21. The lowest BCUT2D eigenvalue weighted by atomic mass is 10.1. The van der Waals surface area contributed by atoms with Gasteiger partial charge in [-0.25, -0.2) is 4.39 Å². The smallest absolute Gasteiger partial charge is 0.319 e. The normalized spacial score (nSPS) is 11.5. The van der Waals surface area contributed by atoms with Crippen LogP contribution in [-0.4, -0.2) is 16.1 Å². The first kappa shape index (κ1) is 19.6. The van der Waals surface area contributed by atoms with Gasteiger partial charge in [-0.2, -0.15) is 18.3 Å². The zero-order valence-corrected chi connectivity index (χ0v) is 14.9. The minimum Gasteiger partial charge on any atom is -0.319 e. The Labute approximate surface area is 158 Å². The summed E-state index contributed by atoms with van der Waals surface area (Å²) in [6.07, 6.45) is -3.07. The molecule has 3 aromatic rings. The van der Waals surface area contributed by atoms with E-state index >= 15 is 0 Å². The molecule has 1 aromatic heterocycles. The third-order valence-electron chi connectivity index (χ3n) is 4.17. The number of nitrogens with one attached hydrogen (secondary N) is 2. The highest BCUT2D eigenvalue weighted by Gasteiger charge is 2.30. The summed E-state index contributed by atoms with van der Waals surface area (Å²) in [5.41, 5.74) is 1.32. The summed E-state index contributed by atoms with van der Waals surface area (Å²) in [5, 5.41) is 9.76. The van der Waals surface area contributed by atoms with E-state index in [1.54, 1.807) is 0 Å². The fourth-order valence-electron chi connectivity index (χ4n) is 2.76. The minimum absolute atomic E-state index is 0.253. The first-order valence-corrected chi connectivity index (χ1v) is 8.61. The number of aryl methyl sites for hydroxylation is 1. The van der Waals surface area contributed by atoms with E-state index in [9.17, 15) is 22.4 Å². The number of alkyl halides is 3. The Morgan fingerprint density at radius 3 is 2.29 bits per heavy atom. The minimum atomic E-state index is -4.43. The van der Waals surface area contributed by atoms with Gasteiger partial charge in [0.05, 0.1) is 16.9 Å². The molecule has 0 atom stereocenters. The van der Waals surface area contributed by atoms with Crippen LogP contribution < -0.4 is 5.32 Å². The molecule has 3 rings (SSSR count). The average molecular weight is 391 g/mol. The zero-order chi connectivity index (χ0) is 20.3. The molecule has 0 saturated carbocycles. The quantitative estimate of drug-likeness (QED) is 0.569. The molecule has 0 bridgehead atoms. The van der Waals surface area contributed by atoms with Crippen molar-refractivity contribution in [3.63, 3.8) is 0 Å². The Morgan fingerprint density at radius 1 is 1.07 bits per heavy atom. The van der Waals surface area contributed by atoms with E-state index < -0.39 is 23.5 Å². The Hall–Kier alpha value is -3.16. The maximum absolute atomic E-state index is 13.1. The van der Waals surface area contributed by atoms with Gasteiger partial charge in [0.1, 0.15) is 11.5 Å². The van der Waals surface area contributed by atoms with E-state index in [2.05, 4.69) is 15.5 Å². The Balaban J connectivity index is 1.94. The predicted molar refractivity (Wildman–Crippen MR) is 97.4 cm³/mol. The molecule has 0 radical (unpaired) electrons. The van der Waals surface area contributed by atoms with Gasteiger partial charge in [0.2, 0.25) is 0 Å². The number of nitrogens with zero attached hydrogens (tertiary/aromatic N) is 1. The number of carbonyl (C=O) groups excluding carboxylic acids is 1. The standard InChI is InChI=1S/C20H17F4N3O/c1-2-3-16-18(25-19(28)13-6-10-15(21)11-7-13)17(27-26-16)12-4-8-14(9-5-12)20(22,23)24/h4-11H,2-3H2,1H3,(H,25,28)(H,26,27). The molecule has 4 nitrogen and oxygen atoms in total. The summed E-state index contributed by atoms with van der Waals surface area (Å²) in [6, 6.07) is 9.60. The fraction of sp³-hybridized carbons (Fsp3) is 0.200. The number of H-pyrrole nitrogens is 1. The van der Waals surface area contributed by atoms with Crippen molar-refractivity contribution in [2.75, 3.05) is 5.32 Å². The zero-order valence-electron chi connectivity index (χ0n) is 14.9. The maximum atomic E-state index is 13.1. The van der Waals surface area contributed by atoms with Crippen LogP contribution in [0.15, 0.2) is 48.5 Å². The van der Waals surface area contributed by atoms with Crippen LogP contribution in [0.2, 0.25) is 0 Å². The van der Waals surface area contributed by atoms with Crippen LogP contribution in [-0.2, 0) is 12.6 Å². The summed E-state index contributed by atoms with van der Waals surface area (Å²) >= 11 is 0. The highest BCUT2D eigenvalue weighted by Crippen LogP contribution is 2.34. The molecule has 1 amide bonds. The van der Waals surface area contributed by atoms with Gasteiger partial charge < -0.3 is 5.32 Å². The number of aromatic amines is 1. The Kier molecular flexibility index (Phi) is 5.48. The highest BCUT2D eigenvalue weighted by atomic mass is 19.4. The topological polar surface area (TPSA) is 57.8 Å². The van der Waals surface area contributed by atoms with E-state index in [-0.39, 0.29) is 5.56 Å². The molecule has 8 heteroatoms. The van der Waals surface area contributed by atoms with Gasteiger partial charge in [-0.05, 0) is 42.8 Å². The highest BCUT2D eigenvalue weighted by molar-refractivity contribution is 6.06. The molecule has 0 saturated heterocycles. The monoisotopic (exact) mass is 391 g/mol. The van der Waals surface area contributed by atoms with E-state index in [1.165, 1.54) is 36.4 Å². The van der Waals surface area contributed by atoms with E-state index in [4.69, 9.17) is 0 Å². The van der Waals surface area contributed by atoms with Crippen molar-refractivity contribution in [2.24, 2.45) is 0 Å². The number of hydrogen-bond donors (Lipinski definition) is 2. The van der Waals surface area contributed by atoms with E-state index in [0.717, 1.165) is 18.6 Å². The van der Waals surface area contributed by atoms with Gasteiger partial charge in [-0.15, -0.1) is 0 Å². The third-order valence-corrected chi connectivity index (χ3v) is 4.17. The summed E-state index contributed by atoms with van der Waals surface area (Å²) in [4.78, 5) is 12.5. The van der Waals surface area contributed by atoms with Gasteiger partial charge in [0, 0.05) is 11.1 Å². The number of hydrogen-bond acceptors (Lipinski definition) is 2. The molecule has 0 unspecified atom stereocenters. The lowest BCUT2D eigenvalue weighted by Crippen LogP contribution is -2.13. The van der Waals surface area contributed by atoms with Crippen LogP contribution >= 0.6 is 0 Å².